The van der Waals surface area contributed by atoms with Gasteiger partial charge in [-0.1, -0.05) is 36.9 Å². The maximum atomic E-state index is 11.9. The number of hydrogen-bond acceptors (Lipinski definition) is 5. The zero-order valence-corrected chi connectivity index (χ0v) is 13.6. The van der Waals surface area contributed by atoms with Crippen LogP contribution >= 0.6 is 11.8 Å². The molecule has 0 aromatic heterocycles. The molecule has 0 fully saturated rings. The molecule has 5 nitrogen and oxygen atoms in total. The minimum atomic E-state index is 0.0423. The third kappa shape index (κ3) is 3.02. The average Bonchev–Trinajstić information content (AvgIpc) is 3.02. The molecular formula is C16H20N4OS. The van der Waals surface area contributed by atoms with Crippen LogP contribution in [0.25, 0.3) is 0 Å². The minimum absolute atomic E-state index is 0.0423. The van der Waals surface area contributed by atoms with Crippen molar-refractivity contribution in [1.29, 1.82) is 0 Å². The summed E-state index contributed by atoms with van der Waals surface area (Å²) in [5.74, 6) is 0.407. The lowest BCUT2D eigenvalue weighted by atomic mass is 10.0. The standard InChI is InChI=1S/C16H20N4OS/c1-3-11(2)18-15(21)10-22-16-19-13-7-5-4-6-12(13)14-8-9-17-20(14)16/h4-7,9,11,14H,3,8,10H2,1-2H3,(H,18,21). The summed E-state index contributed by atoms with van der Waals surface area (Å²) in [7, 11) is 0. The molecule has 2 unspecified atom stereocenters. The van der Waals surface area contributed by atoms with E-state index in [4.69, 9.17) is 0 Å². The Labute approximate surface area is 134 Å². The second-order valence-corrected chi connectivity index (χ2v) is 6.46. The fourth-order valence-electron chi connectivity index (χ4n) is 2.53. The Morgan fingerprint density at radius 1 is 1.50 bits per heavy atom. The molecule has 0 bridgehead atoms. The first-order valence-corrected chi connectivity index (χ1v) is 8.59. The minimum Gasteiger partial charge on any atom is -0.353 e. The van der Waals surface area contributed by atoms with E-state index in [1.165, 1.54) is 17.3 Å². The number of hydrogen-bond donors (Lipinski definition) is 1. The third-order valence-corrected chi connectivity index (χ3v) is 4.83. The van der Waals surface area contributed by atoms with Crippen LogP contribution in [0.1, 0.15) is 38.3 Å². The predicted octanol–water partition coefficient (Wildman–Crippen LogP) is 3.07. The van der Waals surface area contributed by atoms with Crippen molar-refractivity contribution in [3.8, 4) is 0 Å². The molecule has 3 rings (SSSR count). The Bertz CT molecular complexity index is 628. The molecule has 0 saturated heterocycles. The van der Waals surface area contributed by atoms with Gasteiger partial charge in [-0.15, -0.1) is 0 Å². The average molecular weight is 316 g/mol. The van der Waals surface area contributed by atoms with Gasteiger partial charge in [0.25, 0.3) is 0 Å². The molecule has 2 aliphatic rings. The normalized spacial score (nSPS) is 20.2. The van der Waals surface area contributed by atoms with Gasteiger partial charge in [-0.3, -0.25) is 4.79 Å². The lowest BCUT2D eigenvalue weighted by molar-refractivity contribution is -0.119. The lowest BCUT2D eigenvalue weighted by Gasteiger charge is -2.29. The molecule has 2 atom stereocenters. The zero-order valence-electron chi connectivity index (χ0n) is 12.8. The van der Waals surface area contributed by atoms with Crippen LogP contribution in [0.5, 0.6) is 0 Å². The van der Waals surface area contributed by atoms with Gasteiger partial charge in [-0.05, 0) is 19.4 Å². The number of nitrogens with one attached hydrogen (secondary N) is 1. The van der Waals surface area contributed by atoms with E-state index < -0.39 is 0 Å². The Morgan fingerprint density at radius 3 is 3.14 bits per heavy atom. The fourth-order valence-corrected chi connectivity index (χ4v) is 3.34. The number of para-hydroxylation sites is 1. The second-order valence-electron chi connectivity index (χ2n) is 5.51. The van der Waals surface area contributed by atoms with Crippen molar-refractivity contribution in [3.63, 3.8) is 0 Å². The molecule has 0 aliphatic carbocycles. The van der Waals surface area contributed by atoms with Gasteiger partial charge in [0.15, 0.2) is 5.17 Å². The first-order valence-electron chi connectivity index (χ1n) is 7.60. The van der Waals surface area contributed by atoms with Gasteiger partial charge in [-0.2, -0.15) is 5.10 Å². The van der Waals surface area contributed by atoms with Crippen molar-refractivity contribution >= 4 is 34.7 Å². The molecule has 1 amide bonds. The number of benzene rings is 1. The van der Waals surface area contributed by atoms with E-state index in [2.05, 4.69) is 28.4 Å². The number of thioether (sulfide) groups is 1. The summed E-state index contributed by atoms with van der Waals surface area (Å²) in [6.45, 7) is 4.07. The lowest BCUT2D eigenvalue weighted by Crippen LogP contribution is -2.35. The predicted molar refractivity (Wildman–Crippen MR) is 91.6 cm³/mol. The van der Waals surface area contributed by atoms with Crippen molar-refractivity contribution in [3.05, 3.63) is 29.8 Å². The monoisotopic (exact) mass is 316 g/mol. The van der Waals surface area contributed by atoms with E-state index in [1.54, 1.807) is 0 Å². The summed E-state index contributed by atoms with van der Waals surface area (Å²) >= 11 is 1.45. The maximum absolute atomic E-state index is 11.9. The molecule has 1 N–H and O–H groups in total. The van der Waals surface area contributed by atoms with Gasteiger partial charge in [0.05, 0.1) is 17.5 Å². The molecule has 1 aromatic rings. The van der Waals surface area contributed by atoms with Gasteiger partial charge < -0.3 is 5.32 Å². The van der Waals surface area contributed by atoms with Gasteiger partial charge in [0.2, 0.25) is 5.91 Å². The van der Waals surface area contributed by atoms with E-state index in [0.29, 0.717) is 5.75 Å². The Morgan fingerprint density at radius 2 is 2.32 bits per heavy atom. The second kappa shape index (κ2) is 6.52. The summed E-state index contributed by atoms with van der Waals surface area (Å²) < 4.78 is 0. The number of carbonyl (C=O) groups excluding carboxylic acids is 1. The number of nitrogens with zero attached hydrogens (tertiary/aromatic N) is 3. The van der Waals surface area contributed by atoms with Gasteiger partial charge in [0.1, 0.15) is 0 Å². The molecule has 116 valence electrons. The van der Waals surface area contributed by atoms with Crippen LogP contribution in [0, 0.1) is 0 Å². The van der Waals surface area contributed by atoms with Gasteiger partial charge >= 0.3 is 0 Å². The maximum Gasteiger partial charge on any atom is 0.230 e. The highest BCUT2D eigenvalue weighted by molar-refractivity contribution is 8.14. The van der Waals surface area contributed by atoms with Crippen LogP contribution in [0.15, 0.2) is 34.4 Å². The van der Waals surface area contributed by atoms with Crippen LogP contribution in [-0.2, 0) is 4.79 Å². The fraction of sp³-hybridized carbons (Fsp3) is 0.438. The highest BCUT2D eigenvalue weighted by atomic mass is 32.2. The molecule has 6 heteroatoms. The van der Waals surface area contributed by atoms with Crippen LogP contribution in [0.2, 0.25) is 0 Å². The van der Waals surface area contributed by atoms with Crippen molar-refractivity contribution in [2.45, 2.75) is 38.8 Å². The van der Waals surface area contributed by atoms with E-state index >= 15 is 0 Å². The number of hydrazone groups is 1. The summed E-state index contributed by atoms with van der Waals surface area (Å²) in [6.07, 6.45) is 3.74. The number of rotatable bonds is 4. The van der Waals surface area contributed by atoms with E-state index in [1.807, 2.05) is 36.3 Å². The molecule has 2 aliphatic heterocycles. The molecule has 0 spiro atoms. The molecule has 0 radical (unpaired) electrons. The SMILES string of the molecule is CCC(C)NC(=O)CSC1=Nc2ccccc2C2CC=NN12. The van der Waals surface area contributed by atoms with Crippen LogP contribution in [-0.4, -0.2) is 34.1 Å². The van der Waals surface area contributed by atoms with Crippen molar-refractivity contribution in [2.75, 3.05) is 5.75 Å². The van der Waals surface area contributed by atoms with E-state index in [9.17, 15) is 4.79 Å². The van der Waals surface area contributed by atoms with Crippen molar-refractivity contribution in [2.24, 2.45) is 10.1 Å². The van der Waals surface area contributed by atoms with Crippen molar-refractivity contribution < 1.29 is 4.79 Å². The molecule has 0 saturated carbocycles. The Hall–Kier alpha value is -1.82. The molecule has 22 heavy (non-hydrogen) atoms. The molecular weight excluding hydrogens is 296 g/mol. The number of carbonyl (C=O) groups is 1. The largest absolute Gasteiger partial charge is 0.353 e. The number of aliphatic imine (C=N–C) groups is 1. The third-order valence-electron chi connectivity index (χ3n) is 3.89. The topological polar surface area (TPSA) is 57.1 Å². The number of amides is 1. The first-order chi connectivity index (χ1) is 10.7. The number of amidine groups is 1. The van der Waals surface area contributed by atoms with Crippen LogP contribution in [0.3, 0.4) is 0 Å². The molecule has 1 aromatic carbocycles. The number of fused-ring (bicyclic) bond motifs is 3. The quantitative estimate of drug-likeness (QED) is 0.929. The smallest absolute Gasteiger partial charge is 0.230 e. The van der Waals surface area contributed by atoms with Crippen molar-refractivity contribution in [1.82, 2.24) is 10.3 Å². The van der Waals surface area contributed by atoms with E-state index in [0.717, 1.165) is 23.7 Å². The summed E-state index contributed by atoms with van der Waals surface area (Å²) in [6, 6.07) is 8.56. The van der Waals surface area contributed by atoms with Gasteiger partial charge in [0, 0.05) is 24.2 Å². The summed E-state index contributed by atoms with van der Waals surface area (Å²) in [5, 5.41) is 10.1. The zero-order chi connectivity index (χ0) is 15.5. The Balaban J connectivity index is 1.72. The highest BCUT2D eigenvalue weighted by Crippen LogP contribution is 2.40. The summed E-state index contributed by atoms with van der Waals surface area (Å²) in [4.78, 5) is 16.6. The van der Waals surface area contributed by atoms with Gasteiger partial charge in [-0.25, -0.2) is 10.0 Å². The highest BCUT2D eigenvalue weighted by Gasteiger charge is 2.32. The van der Waals surface area contributed by atoms with E-state index in [-0.39, 0.29) is 18.0 Å². The Kier molecular flexibility index (Phi) is 4.47. The van der Waals surface area contributed by atoms with Crippen LogP contribution < -0.4 is 5.32 Å². The first kappa shape index (κ1) is 15.1. The summed E-state index contributed by atoms with van der Waals surface area (Å²) in [5.41, 5.74) is 2.19. The van der Waals surface area contributed by atoms with Crippen LogP contribution in [0.4, 0.5) is 5.69 Å². The molecule has 2 heterocycles.